The molecule has 114 valence electrons. The predicted octanol–water partition coefficient (Wildman–Crippen LogP) is 1.11. The van der Waals surface area contributed by atoms with Gasteiger partial charge in [0.15, 0.2) is 0 Å². The first-order valence-corrected chi connectivity index (χ1v) is 6.68. The zero-order chi connectivity index (χ0) is 15.4. The Morgan fingerprint density at radius 1 is 1.38 bits per heavy atom. The SMILES string of the molecule is CN1CC(NCC(=O)Nc2c(F)cccc2F)CCC1=O. The lowest BCUT2D eigenvalue weighted by Gasteiger charge is -2.30. The monoisotopic (exact) mass is 297 g/mol. The molecule has 0 saturated carbocycles. The Bertz CT molecular complexity index is 531. The Morgan fingerprint density at radius 2 is 2.05 bits per heavy atom. The lowest BCUT2D eigenvalue weighted by molar-refractivity contribution is -0.132. The van der Waals surface area contributed by atoms with Crippen LogP contribution in [0.15, 0.2) is 18.2 Å². The van der Waals surface area contributed by atoms with Gasteiger partial charge < -0.3 is 15.5 Å². The molecule has 0 aliphatic carbocycles. The van der Waals surface area contributed by atoms with E-state index in [2.05, 4.69) is 10.6 Å². The Labute approximate surface area is 121 Å². The van der Waals surface area contributed by atoms with E-state index in [9.17, 15) is 18.4 Å². The van der Waals surface area contributed by atoms with Crippen molar-refractivity contribution in [2.45, 2.75) is 18.9 Å². The number of anilines is 1. The summed E-state index contributed by atoms with van der Waals surface area (Å²) in [6.45, 7) is 0.445. The normalized spacial score (nSPS) is 18.7. The molecular formula is C14H17F2N3O2. The van der Waals surface area contributed by atoms with Crippen LogP contribution in [0.4, 0.5) is 14.5 Å². The van der Waals surface area contributed by atoms with Gasteiger partial charge in [-0.15, -0.1) is 0 Å². The largest absolute Gasteiger partial charge is 0.344 e. The number of carbonyl (C=O) groups excluding carboxylic acids is 2. The van der Waals surface area contributed by atoms with E-state index in [0.717, 1.165) is 12.1 Å². The average Bonchev–Trinajstić information content (AvgIpc) is 2.44. The van der Waals surface area contributed by atoms with Crippen molar-refractivity contribution < 1.29 is 18.4 Å². The molecule has 21 heavy (non-hydrogen) atoms. The molecule has 0 radical (unpaired) electrons. The minimum Gasteiger partial charge on any atom is -0.344 e. The lowest BCUT2D eigenvalue weighted by Crippen LogP contribution is -2.48. The maximum absolute atomic E-state index is 13.4. The summed E-state index contributed by atoms with van der Waals surface area (Å²) < 4.78 is 26.8. The molecule has 1 aliphatic rings. The highest BCUT2D eigenvalue weighted by molar-refractivity contribution is 5.92. The van der Waals surface area contributed by atoms with Gasteiger partial charge in [-0.05, 0) is 18.6 Å². The van der Waals surface area contributed by atoms with Crippen molar-refractivity contribution in [1.29, 1.82) is 0 Å². The van der Waals surface area contributed by atoms with Gasteiger partial charge in [0.1, 0.15) is 17.3 Å². The molecule has 1 saturated heterocycles. The average molecular weight is 297 g/mol. The van der Waals surface area contributed by atoms with Crippen LogP contribution in [0.3, 0.4) is 0 Å². The maximum Gasteiger partial charge on any atom is 0.238 e. The number of benzene rings is 1. The van der Waals surface area contributed by atoms with Gasteiger partial charge in [-0.1, -0.05) is 6.07 Å². The molecular weight excluding hydrogens is 280 g/mol. The highest BCUT2D eigenvalue weighted by atomic mass is 19.1. The van der Waals surface area contributed by atoms with Gasteiger partial charge in [0.05, 0.1) is 6.54 Å². The smallest absolute Gasteiger partial charge is 0.238 e. The van der Waals surface area contributed by atoms with Crippen molar-refractivity contribution in [2.24, 2.45) is 0 Å². The number of nitrogens with zero attached hydrogens (tertiary/aromatic N) is 1. The summed E-state index contributed by atoms with van der Waals surface area (Å²) in [7, 11) is 1.70. The van der Waals surface area contributed by atoms with Crippen LogP contribution in [0.5, 0.6) is 0 Å². The second-order valence-corrected chi connectivity index (χ2v) is 5.04. The van der Waals surface area contributed by atoms with Crippen molar-refractivity contribution in [1.82, 2.24) is 10.2 Å². The third kappa shape index (κ3) is 3.98. The molecule has 2 N–H and O–H groups in total. The van der Waals surface area contributed by atoms with Crippen LogP contribution in [0.2, 0.25) is 0 Å². The zero-order valence-corrected chi connectivity index (χ0v) is 11.7. The van der Waals surface area contributed by atoms with Crippen LogP contribution in [-0.2, 0) is 9.59 Å². The summed E-state index contributed by atoms with van der Waals surface area (Å²) in [5.74, 6) is -2.08. The molecule has 0 bridgehead atoms. The Kier molecular flexibility index (Phi) is 4.85. The van der Waals surface area contributed by atoms with E-state index in [4.69, 9.17) is 0 Å². The van der Waals surface area contributed by atoms with Crippen molar-refractivity contribution in [3.8, 4) is 0 Å². The Hall–Kier alpha value is -2.02. The van der Waals surface area contributed by atoms with Gasteiger partial charge in [0, 0.05) is 26.1 Å². The standard InChI is InChI=1S/C14H17F2N3O2/c1-19-8-9(5-6-13(19)21)17-7-12(20)18-14-10(15)3-2-4-11(14)16/h2-4,9,17H,5-8H2,1H3,(H,18,20). The number of likely N-dealkylation sites (N-methyl/N-ethyl adjacent to an activating group) is 1. The fourth-order valence-electron chi connectivity index (χ4n) is 2.22. The summed E-state index contributed by atoms with van der Waals surface area (Å²) in [4.78, 5) is 24.6. The van der Waals surface area contributed by atoms with Crippen LogP contribution < -0.4 is 10.6 Å². The molecule has 2 amide bonds. The molecule has 1 fully saturated rings. The van der Waals surface area contributed by atoms with Gasteiger partial charge >= 0.3 is 0 Å². The van der Waals surface area contributed by atoms with Crippen LogP contribution in [0.1, 0.15) is 12.8 Å². The molecule has 1 aromatic rings. The van der Waals surface area contributed by atoms with Gasteiger partial charge in [0.25, 0.3) is 0 Å². The number of para-hydroxylation sites is 1. The van der Waals surface area contributed by atoms with E-state index < -0.39 is 23.2 Å². The number of likely N-dealkylation sites (tertiary alicyclic amines) is 1. The first kappa shape index (κ1) is 15.4. The molecule has 1 aromatic carbocycles. The van der Waals surface area contributed by atoms with E-state index in [1.807, 2.05) is 0 Å². The highest BCUT2D eigenvalue weighted by Crippen LogP contribution is 2.17. The number of carbonyl (C=O) groups is 2. The number of amides is 2. The van der Waals surface area contributed by atoms with Crippen molar-refractivity contribution >= 4 is 17.5 Å². The number of hydrogen-bond donors (Lipinski definition) is 2. The van der Waals surface area contributed by atoms with E-state index in [-0.39, 0.29) is 18.5 Å². The Morgan fingerprint density at radius 3 is 2.67 bits per heavy atom. The van der Waals surface area contributed by atoms with E-state index >= 15 is 0 Å². The first-order valence-electron chi connectivity index (χ1n) is 6.68. The predicted molar refractivity (Wildman–Crippen MR) is 73.6 cm³/mol. The second-order valence-electron chi connectivity index (χ2n) is 5.04. The van der Waals surface area contributed by atoms with Crippen LogP contribution in [-0.4, -0.2) is 42.9 Å². The number of hydrogen-bond acceptors (Lipinski definition) is 3. The minimum absolute atomic E-state index is 0.00363. The van der Waals surface area contributed by atoms with Gasteiger partial charge in [-0.3, -0.25) is 9.59 Å². The van der Waals surface area contributed by atoms with E-state index in [1.54, 1.807) is 11.9 Å². The number of piperidine rings is 1. The van der Waals surface area contributed by atoms with E-state index in [0.29, 0.717) is 19.4 Å². The number of nitrogens with one attached hydrogen (secondary N) is 2. The highest BCUT2D eigenvalue weighted by Gasteiger charge is 2.23. The fraction of sp³-hybridized carbons (Fsp3) is 0.429. The lowest BCUT2D eigenvalue weighted by atomic mass is 10.1. The summed E-state index contributed by atoms with van der Waals surface area (Å²) in [5, 5.41) is 5.19. The molecule has 1 heterocycles. The van der Waals surface area contributed by atoms with Crippen molar-refractivity contribution in [3.05, 3.63) is 29.8 Å². The zero-order valence-electron chi connectivity index (χ0n) is 11.7. The molecule has 1 atom stereocenters. The summed E-state index contributed by atoms with van der Waals surface area (Å²) in [5.41, 5.74) is -0.444. The second kappa shape index (κ2) is 6.62. The molecule has 0 spiro atoms. The number of rotatable bonds is 4. The third-order valence-corrected chi connectivity index (χ3v) is 3.41. The Balaban J connectivity index is 1.84. The topological polar surface area (TPSA) is 61.4 Å². The van der Waals surface area contributed by atoms with Crippen molar-refractivity contribution in [2.75, 3.05) is 25.5 Å². The molecule has 5 nitrogen and oxygen atoms in total. The molecule has 1 aliphatic heterocycles. The molecule has 1 unspecified atom stereocenters. The first-order chi connectivity index (χ1) is 9.97. The quantitative estimate of drug-likeness (QED) is 0.875. The maximum atomic E-state index is 13.4. The fourth-order valence-corrected chi connectivity index (χ4v) is 2.22. The number of halogens is 2. The van der Waals surface area contributed by atoms with Crippen molar-refractivity contribution in [3.63, 3.8) is 0 Å². The van der Waals surface area contributed by atoms with Crippen LogP contribution in [0.25, 0.3) is 0 Å². The van der Waals surface area contributed by atoms with Gasteiger partial charge in [-0.25, -0.2) is 8.78 Å². The molecule has 7 heteroatoms. The van der Waals surface area contributed by atoms with Gasteiger partial charge in [0.2, 0.25) is 11.8 Å². The van der Waals surface area contributed by atoms with Crippen LogP contribution in [0, 0.1) is 11.6 Å². The molecule has 2 rings (SSSR count). The van der Waals surface area contributed by atoms with E-state index in [1.165, 1.54) is 6.07 Å². The summed E-state index contributed by atoms with van der Waals surface area (Å²) in [6, 6.07) is 3.39. The summed E-state index contributed by atoms with van der Waals surface area (Å²) in [6.07, 6.45) is 1.07. The summed E-state index contributed by atoms with van der Waals surface area (Å²) >= 11 is 0. The third-order valence-electron chi connectivity index (χ3n) is 3.41. The molecule has 0 aromatic heterocycles. The van der Waals surface area contributed by atoms with Crippen LogP contribution >= 0.6 is 0 Å². The minimum atomic E-state index is -0.814. The van der Waals surface area contributed by atoms with Gasteiger partial charge in [-0.2, -0.15) is 0 Å².